The summed E-state index contributed by atoms with van der Waals surface area (Å²) in [6.45, 7) is 2.97. The molecule has 0 unspecified atom stereocenters. The molecule has 8 heteroatoms. The van der Waals surface area contributed by atoms with E-state index in [-0.39, 0.29) is 13.0 Å². The molecule has 1 aliphatic rings. The van der Waals surface area contributed by atoms with Crippen LogP contribution in [0, 0.1) is 6.92 Å². The first-order valence-corrected chi connectivity index (χ1v) is 6.36. The van der Waals surface area contributed by atoms with E-state index in [1.165, 1.54) is 10.8 Å². The third-order valence-corrected chi connectivity index (χ3v) is 3.33. The van der Waals surface area contributed by atoms with Gasteiger partial charge in [-0.3, -0.25) is 14.3 Å². The Hall–Kier alpha value is -1.48. The van der Waals surface area contributed by atoms with Crippen LogP contribution in [-0.2, 0) is 9.47 Å². The van der Waals surface area contributed by atoms with Crippen LogP contribution in [0.1, 0.15) is 25.1 Å². The number of hydrogen-bond acceptors (Lipinski definition) is 6. The average molecular weight is 286 g/mol. The molecule has 0 bridgehead atoms. The van der Waals surface area contributed by atoms with Gasteiger partial charge in [-0.05, 0) is 13.8 Å². The first-order chi connectivity index (χ1) is 9.43. The normalized spacial score (nSPS) is 29.8. The Bertz CT molecular complexity index is 594. The Balaban J connectivity index is 2.35. The van der Waals surface area contributed by atoms with Crippen LogP contribution in [0.25, 0.3) is 0 Å². The first kappa shape index (κ1) is 14.9. The highest BCUT2D eigenvalue weighted by molar-refractivity contribution is 5.02. The number of aromatic amines is 1. The van der Waals surface area contributed by atoms with Gasteiger partial charge in [0, 0.05) is 24.8 Å². The molecular weight excluding hydrogens is 268 g/mol. The van der Waals surface area contributed by atoms with Crippen LogP contribution in [0.4, 0.5) is 0 Å². The third kappa shape index (κ3) is 2.42. The van der Waals surface area contributed by atoms with Crippen molar-refractivity contribution in [1.29, 1.82) is 0 Å². The molecule has 0 saturated carbocycles. The predicted molar refractivity (Wildman–Crippen MR) is 68.2 cm³/mol. The Morgan fingerprint density at radius 2 is 2.30 bits per heavy atom. The van der Waals surface area contributed by atoms with Crippen molar-refractivity contribution >= 4 is 0 Å². The van der Waals surface area contributed by atoms with Crippen molar-refractivity contribution in [3.05, 3.63) is 32.6 Å². The topological polar surface area (TPSA) is 114 Å². The predicted octanol–water partition coefficient (Wildman–Crippen LogP) is -1.15. The summed E-state index contributed by atoms with van der Waals surface area (Å²) in [7, 11) is 0. The lowest BCUT2D eigenvalue weighted by Crippen LogP contribution is -2.46. The zero-order valence-corrected chi connectivity index (χ0v) is 11.3. The second-order valence-electron chi connectivity index (χ2n) is 4.71. The molecule has 1 saturated heterocycles. The van der Waals surface area contributed by atoms with Crippen molar-refractivity contribution in [3.8, 4) is 0 Å². The maximum Gasteiger partial charge on any atom is 0.330 e. The first-order valence-electron chi connectivity index (χ1n) is 6.36. The molecule has 112 valence electrons. The van der Waals surface area contributed by atoms with Crippen LogP contribution in [0.3, 0.4) is 0 Å². The molecule has 2 heterocycles. The summed E-state index contributed by atoms with van der Waals surface area (Å²) in [6, 6.07) is 0. The van der Waals surface area contributed by atoms with Gasteiger partial charge in [0.2, 0.25) is 5.79 Å². The average Bonchev–Trinajstić information content (AvgIpc) is 2.72. The molecule has 0 aliphatic carbocycles. The molecule has 1 fully saturated rings. The summed E-state index contributed by atoms with van der Waals surface area (Å²) in [4.78, 5) is 25.3. The molecule has 0 radical (unpaired) electrons. The number of aliphatic hydroxyl groups excluding tert-OH is 2. The second kappa shape index (κ2) is 5.49. The number of aryl methyl sites for hydroxylation is 1. The van der Waals surface area contributed by atoms with Gasteiger partial charge in [-0.2, -0.15) is 0 Å². The van der Waals surface area contributed by atoms with Crippen molar-refractivity contribution in [2.24, 2.45) is 0 Å². The van der Waals surface area contributed by atoms with E-state index in [0.717, 1.165) is 0 Å². The van der Waals surface area contributed by atoms with Crippen molar-refractivity contribution < 1.29 is 19.7 Å². The minimum atomic E-state index is -1.54. The van der Waals surface area contributed by atoms with Crippen molar-refractivity contribution in [2.75, 3.05) is 13.2 Å². The molecule has 1 aromatic heterocycles. The molecular formula is C12H18N2O6. The largest absolute Gasteiger partial charge is 0.391 e. The van der Waals surface area contributed by atoms with E-state index in [4.69, 9.17) is 9.47 Å². The fourth-order valence-corrected chi connectivity index (χ4v) is 2.26. The van der Waals surface area contributed by atoms with Gasteiger partial charge in [0.1, 0.15) is 12.3 Å². The number of aromatic nitrogens is 2. The Morgan fingerprint density at radius 1 is 1.60 bits per heavy atom. The highest BCUT2D eigenvalue weighted by Crippen LogP contribution is 2.36. The van der Waals surface area contributed by atoms with Crippen LogP contribution >= 0.6 is 0 Å². The Kier molecular flexibility index (Phi) is 4.09. The summed E-state index contributed by atoms with van der Waals surface area (Å²) in [5, 5.41) is 19.4. The highest BCUT2D eigenvalue weighted by Gasteiger charge is 2.49. The van der Waals surface area contributed by atoms with Gasteiger partial charge in [0.05, 0.1) is 6.61 Å². The standard InChI is InChI=1S/C12H18N2O6/c1-3-19-12(6-15)8(16)4-9(20-12)14-5-7(2)10(17)13-11(14)18/h5,8-9,15-16H,3-4,6H2,1-2H3,(H,13,17,18)/t8-,9+,12+/m0/s1. The molecule has 1 aliphatic heterocycles. The lowest BCUT2D eigenvalue weighted by molar-refractivity contribution is -0.280. The summed E-state index contributed by atoms with van der Waals surface area (Å²) in [5.41, 5.74) is -0.758. The Labute approximate surface area is 114 Å². The Morgan fingerprint density at radius 3 is 2.90 bits per heavy atom. The molecule has 20 heavy (non-hydrogen) atoms. The summed E-state index contributed by atoms with van der Waals surface area (Å²) in [5.74, 6) is -1.54. The lowest BCUT2D eigenvalue weighted by Gasteiger charge is -2.29. The summed E-state index contributed by atoms with van der Waals surface area (Å²) in [6.07, 6.45) is -0.451. The maximum absolute atomic E-state index is 11.8. The molecule has 0 aromatic carbocycles. The van der Waals surface area contributed by atoms with E-state index < -0.39 is 36.0 Å². The molecule has 1 aromatic rings. The summed E-state index contributed by atoms with van der Waals surface area (Å²) < 4.78 is 12.0. The van der Waals surface area contributed by atoms with Gasteiger partial charge in [-0.15, -0.1) is 0 Å². The fraction of sp³-hybridized carbons (Fsp3) is 0.667. The number of hydrogen-bond donors (Lipinski definition) is 3. The van der Waals surface area contributed by atoms with Gasteiger partial charge in [0.15, 0.2) is 0 Å². The molecule has 3 N–H and O–H groups in total. The number of nitrogens with one attached hydrogen (secondary N) is 1. The lowest BCUT2D eigenvalue weighted by atomic mass is 10.1. The quantitative estimate of drug-likeness (QED) is 0.644. The van der Waals surface area contributed by atoms with E-state index >= 15 is 0 Å². The molecule has 2 rings (SSSR count). The van der Waals surface area contributed by atoms with Crippen molar-refractivity contribution in [2.45, 2.75) is 38.4 Å². The van der Waals surface area contributed by atoms with E-state index in [0.29, 0.717) is 5.56 Å². The molecule has 0 spiro atoms. The van der Waals surface area contributed by atoms with Crippen LogP contribution in [0.15, 0.2) is 15.8 Å². The third-order valence-electron chi connectivity index (χ3n) is 3.33. The monoisotopic (exact) mass is 286 g/mol. The van der Waals surface area contributed by atoms with E-state index in [9.17, 15) is 19.8 Å². The zero-order valence-electron chi connectivity index (χ0n) is 11.3. The van der Waals surface area contributed by atoms with Crippen LogP contribution < -0.4 is 11.2 Å². The second-order valence-corrected chi connectivity index (χ2v) is 4.71. The SMILES string of the molecule is CCO[C@]1(CO)O[C@@H](n2cc(C)c(=O)[nH]c2=O)C[C@@H]1O. The van der Waals surface area contributed by atoms with Crippen LogP contribution in [-0.4, -0.2) is 44.9 Å². The zero-order chi connectivity index (χ0) is 14.9. The number of rotatable bonds is 4. The van der Waals surface area contributed by atoms with Crippen LogP contribution in [0.2, 0.25) is 0 Å². The minimum Gasteiger partial charge on any atom is -0.391 e. The minimum absolute atomic E-state index is 0.0753. The van der Waals surface area contributed by atoms with Gasteiger partial charge in [-0.1, -0.05) is 0 Å². The molecule has 0 amide bonds. The van der Waals surface area contributed by atoms with E-state index in [1.807, 2.05) is 0 Å². The van der Waals surface area contributed by atoms with Gasteiger partial charge < -0.3 is 19.7 Å². The van der Waals surface area contributed by atoms with Crippen molar-refractivity contribution in [1.82, 2.24) is 9.55 Å². The number of nitrogens with zero attached hydrogens (tertiary/aromatic N) is 1. The fourth-order valence-electron chi connectivity index (χ4n) is 2.26. The van der Waals surface area contributed by atoms with Gasteiger partial charge in [-0.25, -0.2) is 4.79 Å². The number of H-pyrrole nitrogens is 1. The number of ether oxygens (including phenoxy) is 2. The highest BCUT2D eigenvalue weighted by atomic mass is 16.7. The molecule has 8 nitrogen and oxygen atoms in total. The summed E-state index contributed by atoms with van der Waals surface area (Å²) >= 11 is 0. The smallest absolute Gasteiger partial charge is 0.330 e. The van der Waals surface area contributed by atoms with Gasteiger partial charge >= 0.3 is 5.69 Å². The van der Waals surface area contributed by atoms with E-state index in [1.54, 1.807) is 13.8 Å². The maximum atomic E-state index is 11.8. The van der Waals surface area contributed by atoms with Crippen LogP contribution in [0.5, 0.6) is 0 Å². The van der Waals surface area contributed by atoms with Gasteiger partial charge in [0.25, 0.3) is 5.56 Å². The molecule has 3 atom stereocenters. The van der Waals surface area contributed by atoms with E-state index in [2.05, 4.69) is 4.98 Å². The van der Waals surface area contributed by atoms with Crippen molar-refractivity contribution in [3.63, 3.8) is 0 Å². The number of aliphatic hydroxyl groups is 2.